The highest BCUT2D eigenvalue weighted by Crippen LogP contribution is 2.42. The Hall–Kier alpha value is -3.05. The Morgan fingerprint density at radius 1 is 1.08 bits per heavy atom. The summed E-state index contributed by atoms with van der Waals surface area (Å²) in [6.45, 7) is 2.11. The highest BCUT2D eigenvalue weighted by atomic mass is 79.9. The van der Waals surface area contributed by atoms with Gasteiger partial charge in [0.2, 0.25) is 17.3 Å². The first kappa shape index (κ1) is 24.6. The molecule has 0 saturated heterocycles. The van der Waals surface area contributed by atoms with Crippen molar-refractivity contribution < 1.29 is 22.3 Å². The van der Waals surface area contributed by atoms with Crippen LogP contribution in [0.2, 0.25) is 0 Å². The van der Waals surface area contributed by atoms with Gasteiger partial charge in [0.15, 0.2) is 11.5 Å². The molecule has 0 bridgehead atoms. The molecule has 1 N–H and O–H groups in total. The van der Waals surface area contributed by atoms with Crippen LogP contribution in [0.4, 0.5) is 18.9 Å². The van der Waals surface area contributed by atoms with Crippen molar-refractivity contribution in [1.82, 2.24) is 15.2 Å². The highest BCUT2D eigenvalue weighted by Gasteiger charge is 2.31. The minimum atomic E-state index is -4.45. The monoisotopic (exact) mass is 576 g/mol. The molecule has 4 aromatic rings. The van der Waals surface area contributed by atoms with Crippen LogP contribution in [0.1, 0.15) is 37.3 Å². The standard InChI is InChI=1S/C25H20BrF3N4O2S/c1-2-3-11-36-24-31-23-21(32-33-24)17-13-16(26)7-8-18(17)30-22(35-23)20-10-9-19(34-20)14-5-4-6-15(12-14)25(27,28)29/h4-10,12-13,22,30H,2-3,11H2,1H3/t22-/m0/s1. The third-order valence-electron chi connectivity index (χ3n) is 5.48. The molecule has 1 atom stereocenters. The van der Waals surface area contributed by atoms with Crippen LogP contribution in [-0.2, 0) is 6.18 Å². The van der Waals surface area contributed by atoms with E-state index < -0.39 is 18.0 Å². The third-order valence-corrected chi connectivity index (χ3v) is 6.89. The number of thioether (sulfide) groups is 1. The number of halogens is 4. The number of hydrogen-bond donors (Lipinski definition) is 1. The van der Waals surface area contributed by atoms with E-state index in [2.05, 4.69) is 43.4 Å². The Labute approximate surface area is 217 Å². The van der Waals surface area contributed by atoms with Gasteiger partial charge >= 0.3 is 6.18 Å². The third kappa shape index (κ3) is 5.22. The van der Waals surface area contributed by atoms with Crippen LogP contribution in [0, 0.1) is 0 Å². The van der Waals surface area contributed by atoms with E-state index in [0.717, 1.165) is 46.5 Å². The number of unbranched alkanes of at least 4 members (excludes halogenated alkanes) is 1. The van der Waals surface area contributed by atoms with Crippen LogP contribution in [0.3, 0.4) is 0 Å². The number of alkyl halides is 3. The first-order chi connectivity index (χ1) is 17.3. The molecule has 0 saturated carbocycles. The maximum Gasteiger partial charge on any atom is 0.416 e. The van der Waals surface area contributed by atoms with Gasteiger partial charge in [0.25, 0.3) is 0 Å². The molecule has 0 radical (unpaired) electrons. The van der Waals surface area contributed by atoms with Crippen molar-refractivity contribution in [2.24, 2.45) is 0 Å². The minimum absolute atomic E-state index is 0.287. The molecular weight excluding hydrogens is 557 g/mol. The lowest BCUT2D eigenvalue weighted by Gasteiger charge is -2.17. The minimum Gasteiger partial charge on any atom is -0.455 e. The van der Waals surface area contributed by atoms with Gasteiger partial charge in [-0.1, -0.05) is 53.2 Å². The lowest BCUT2D eigenvalue weighted by molar-refractivity contribution is -0.137. The Bertz CT molecular complexity index is 1400. The molecule has 11 heteroatoms. The fraction of sp³-hybridized carbons (Fsp3) is 0.240. The van der Waals surface area contributed by atoms with E-state index in [1.165, 1.54) is 17.8 Å². The van der Waals surface area contributed by atoms with Gasteiger partial charge in [-0.05, 0) is 48.9 Å². The summed E-state index contributed by atoms with van der Waals surface area (Å²) in [4.78, 5) is 4.60. The normalized spacial score (nSPS) is 14.9. The van der Waals surface area contributed by atoms with Crippen LogP contribution < -0.4 is 10.1 Å². The van der Waals surface area contributed by atoms with E-state index in [9.17, 15) is 13.2 Å². The fourth-order valence-corrected chi connectivity index (χ4v) is 4.89. The van der Waals surface area contributed by atoms with Crippen molar-refractivity contribution in [3.63, 3.8) is 0 Å². The summed E-state index contributed by atoms with van der Waals surface area (Å²) in [5.74, 6) is 1.82. The second-order valence-corrected chi connectivity index (χ2v) is 10.0. The largest absolute Gasteiger partial charge is 0.455 e. The lowest BCUT2D eigenvalue weighted by atomic mass is 10.1. The van der Waals surface area contributed by atoms with Gasteiger partial charge in [-0.15, -0.1) is 10.2 Å². The van der Waals surface area contributed by atoms with E-state index >= 15 is 0 Å². The van der Waals surface area contributed by atoms with Crippen LogP contribution in [-0.4, -0.2) is 20.9 Å². The summed E-state index contributed by atoms with van der Waals surface area (Å²) in [5.41, 5.74) is 1.52. The molecule has 186 valence electrons. The van der Waals surface area contributed by atoms with Crippen molar-refractivity contribution in [1.29, 1.82) is 0 Å². The van der Waals surface area contributed by atoms with Gasteiger partial charge in [0.1, 0.15) is 5.76 Å². The van der Waals surface area contributed by atoms with Crippen LogP contribution in [0.25, 0.3) is 22.6 Å². The predicted octanol–water partition coefficient (Wildman–Crippen LogP) is 7.98. The molecule has 0 spiro atoms. The maximum atomic E-state index is 13.2. The Kier molecular flexibility index (Phi) is 6.94. The first-order valence-electron chi connectivity index (χ1n) is 11.2. The number of nitrogens with one attached hydrogen (secondary N) is 1. The number of benzene rings is 2. The van der Waals surface area contributed by atoms with Gasteiger partial charge in [0, 0.05) is 27.0 Å². The zero-order chi connectivity index (χ0) is 25.3. The molecule has 0 fully saturated rings. The molecule has 0 unspecified atom stereocenters. The summed E-state index contributed by atoms with van der Waals surface area (Å²) in [7, 11) is 0. The van der Waals surface area contributed by atoms with Gasteiger partial charge in [-0.25, -0.2) is 0 Å². The van der Waals surface area contributed by atoms with E-state index in [4.69, 9.17) is 9.15 Å². The predicted molar refractivity (Wildman–Crippen MR) is 135 cm³/mol. The number of fused-ring (bicyclic) bond motifs is 3. The SMILES string of the molecule is CCCCSc1nnc2c(n1)O[C@@H](c1ccc(-c3cccc(C(F)(F)F)c3)o1)Nc1ccc(Br)cc1-2. The van der Waals surface area contributed by atoms with E-state index in [0.29, 0.717) is 27.9 Å². The van der Waals surface area contributed by atoms with Gasteiger partial charge in [-0.2, -0.15) is 18.2 Å². The topological polar surface area (TPSA) is 73.1 Å². The number of nitrogens with zero attached hydrogens (tertiary/aromatic N) is 3. The quantitative estimate of drug-likeness (QED) is 0.184. The second-order valence-electron chi connectivity index (χ2n) is 8.06. The number of anilines is 1. The van der Waals surface area contributed by atoms with Crippen molar-refractivity contribution >= 4 is 33.4 Å². The lowest BCUT2D eigenvalue weighted by Crippen LogP contribution is -2.16. The molecule has 1 aliphatic heterocycles. The van der Waals surface area contributed by atoms with Gasteiger partial charge in [-0.3, -0.25) is 0 Å². The van der Waals surface area contributed by atoms with Crippen LogP contribution >= 0.6 is 27.7 Å². The summed E-state index contributed by atoms with van der Waals surface area (Å²) in [5, 5.41) is 12.5. The molecule has 0 amide bonds. The molecule has 2 aromatic heterocycles. The van der Waals surface area contributed by atoms with Crippen molar-refractivity contribution in [2.75, 3.05) is 11.1 Å². The molecule has 3 heterocycles. The Balaban J connectivity index is 1.50. The average Bonchev–Trinajstić information content (AvgIpc) is 3.29. The summed E-state index contributed by atoms with van der Waals surface area (Å²) >= 11 is 4.99. The molecule has 2 aromatic carbocycles. The second kappa shape index (κ2) is 10.1. The molecule has 5 rings (SSSR count). The maximum absolute atomic E-state index is 13.2. The number of ether oxygens (including phenoxy) is 1. The Morgan fingerprint density at radius 2 is 1.94 bits per heavy atom. The average molecular weight is 577 g/mol. The van der Waals surface area contributed by atoms with Crippen molar-refractivity contribution in [2.45, 2.75) is 37.3 Å². The van der Waals surface area contributed by atoms with Gasteiger partial charge < -0.3 is 14.5 Å². The van der Waals surface area contributed by atoms with Crippen LogP contribution in [0.5, 0.6) is 5.88 Å². The summed E-state index contributed by atoms with van der Waals surface area (Å²) in [6.07, 6.45) is -3.16. The van der Waals surface area contributed by atoms with E-state index in [1.807, 2.05) is 18.2 Å². The van der Waals surface area contributed by atoms with Gasteiger partial charge in [0.05, 0.1) is 5.56 Å². The molecular formula is C25H20BrF3N4O2S. The van der Waals surface area contributed by atoms with Crippen molar-refractivity contribution in [3.05, 3.63) is 70.4 Å². The number of rotatable bonds is 6. The zero-order valence-corrected chi connectivity index (χ0v) is 21.4. The fourth-order valence-electron chi connectivity index (χ4n) is 3.67. The molecule has 36 heavy (non-hydrogen) atoms. The summed E-state index contributed by atoms with van der Waals surface area (Å²) < 4.78 is 52.6. The van der Waals surface area contributed by atoms with E-state index in [-0.39, 0.29) is 5.88 Å². The molecule has 0 aliphatic carbocycles. The number of furan rings is 1. The summed E-state index contributed by atoms with van der Waals surface area (Å²) in [6, 6.07) is 13.9. The number of aromatic nitrogens is 3. The van der Waals surface area contributed by atoms with E-state index in [1.54, 1.807) is 18.2 Å². The first-order valence-corrected chi connectivity index (χ1v) is 13.0. The zero-order valence-electron chi connectivity index (χ0n) is 19.0. The molecule has 1 aliphatic rings. The Morgan fingerprint density at radius 3 is 2.75 bits per heavy atom. The smallest absolute Gasteiger partial charge is 0.416 e. The van der Waals surface area contributed by atoms with Crippen molar-refractivity contribution in [3.8, 4) is 28.5 Å². The number of hydrogen-bond acceptors (Lipinski definition) is 7. The molecule has 6 nitrogen and oxygen atoms in total. The van der Waals surface area contributed by atoms with Crippen LogP contribution in [0.15, 0.2) is 68.6 Å². The highest BCUT2D eigenvalue weighted by molar-refractivity contribution is 9.10.